The lowest BCUT2D eigenvalue weighted by atomic mass is 10.2. The van der Waals surface area contributed by atoms with Crippen LogP contribution in [-0.4, -0.2) is 42.9 Å². The molecule has 1 aliphatic heterocycles. The van der Waals surface area contributed by atoms with Gasteiger partial charge in [-0.15, -0.1) is 11.8 Å². The lowest BCUT2D eigenvalue weighted by molar-refractivity contribution is -0.140. The number of alkyl halides is 3. The van der Waals surface area contributed by atoms with E-state index in [-0.39, 0.29) is 11.5 Å². The van der Waals surface area contributed by atoms with Gasteiger partial charge >= 0.3 is 12.1 Å². The zero-order chi connectivity index (χ0) is 17.7. The summed E-state index contributed by atoms with van der Waals surface area (Å²) in [5.41, 5.74) is 0.540. The van der Waals surface area contributed by atoms with Crippen LogP contribution in [0.25, 0.3) is 0 Å². The first-order chi connectivity index (χ1) is 11.2. The Hall–Kier alpha value is -2.23. The van der Waals surface area contributed by atoms with Crippen LogP contribution in [0.3, 0.4) is 0 Å². The van der Waals surface area contributed by atoms with Gasteiger partial charge in [-0.05, 0) is 18.2 Å². The summed E-state index contributed by atoms with van der Waals surface area (Å²) in [5, 5.41) is 4.24. The normalized spacial score (nSPS) is 14.2. The number of ether oxygens (including phenoxy) is 1. The fourth-order valence-electron chi connectivity index (χ4n) is 1.81. The van der Waals surface area contributed by atoms with Gasteiger partial charge in [0.15, 0.2) is 6.61 Å². The number of hydrogen-bond donors (Lipinski definition) is 2. The Labute approximate surface area is 139 Å². The topological polar surface area (TPSA) is 84.5 Å². The van der Waals surface area contributed by atoms with Crippen molar-refractivity contribution >= 4 is 35.2 Å². The zero-order valence-electron chi connectivity index (χ0n) is 12.2. The molecule has 2 N–H and O–H groups in total. The lowest BCUT2D eigenvalue weighted by Gasteiger charge is -2.10. The van der Waals surface area contributed by atoms with E-state index in [9.17, 15) is 27.6 Å². The van der Waals surface area contributed by atoms with Gasteiger partial charge in [0.2, 0.25) is 5.91 Å². The predicted octanol–water partition coefficient (Wildman–Crippen LogP) is 1.96. The van der Waals surface area contributed by atoms with E-state index in [1.165, 1.54) is 23.9 Å². The van der Waals surface area contributed by atoms with E-state index >= 15 is 0 Å². The molecule has 0 aliphatic carbocycles. The van der Waals surface area contributed by atoms with E-state index in [4.69, 9.17) is 0 Å². The number of hydrogen-bond acceptors (Lipinski definition) is 5. The molecule has 0 aromatic heterocycles. The Bertz CT molecular complexity index is 664. The maximum absolute atomic E-state index is 11.9. The van der Waals surface area contributed by atoms with Gasteiger partial charge in [-0.2, -0.15) is 13.2 Å². The van der Waals surface area contributed by atoms with Crippen molar-refractivity contribution in [1.29, 1.82) is 0 Å². The third-order valence-electron chi connectivity index (χ3n) is 2.90. The van der Waals surface area contributed by atoms with Gasteiger partial charge in [-0.1, -0.05) is 0 Å². The number of fused-ring (bicyclic) bond motifs is 1. The molecular weight excluding hydrogens is 349 g/mol. The molecule has 0 bridgehead atoms. The number of thioether (sulfide) groups is 1. The largest absolute Gasteiger partial charge is 0.452 e. The van der Waals surface area contributed by atoms with Crippen molar-refractivity contribution in [2.45, 2.75) is 17.5 Å². The van der Waals surface area contributed by atoms with Crippen molar-refractivity contribution in [3.8, 4) is 0 Å². The summed E-state index contributed by atoms with van der Waals surface area (Å²) < 4.78 is 40.5. The zero-order valence-corrected chi connectivity index (χ0v) is 13.1. The molecule has 10 heteroatoms. The van der Waals surface area contributed by atoms with Crippen molar-refractivity contribution in [1.82, 2.24) is 5.32 Å². The first kappa shape index (κ1) is 18.1. The Balaban J connectivity index is 1.93. The number of halogens is 3. The molecule has 0 saturated heterocycles. The molecule has 0 spiro atoms. The molecule has 1 aromatic rings. The number of benzene rings is 1. The highest BCUT2D eigenvalue weighted by molar-refractivity contribution is 7.99. The standard InChI is InChI=1S/C14H13F3N2O4S/c15-14(16,17)7-18-12(21)6-23-13(22)8-1-2-10-9(5-8)19-11(20)3-4-24-10/h1-2,5H,3-4,6-7H2,(H,18,21)(H,19,20). The number of esters is 1. The van der Waals surface area contributed by atoms with E-state index in [0.29, 0.717) is 17.9 Å². The number of amides is 2. The Morgan fingerprint density at radius 2 is 2.08 bits per heavy atom. The highest BCUT2D eigenvalue weighted by Gasteiger charge is 2.27. The first-order valence-electron chi connectivity index (χ1n) is 6.82. The van der Waals surface area contributed by atoms with Crippen LogP contribution in [0.15, 0.2) is 23.1 Å². The Kier molecular flexibility index (Phi) is 5.71. The van der Waals surface area contributed by atoms with E-state index in [1.807, 2.05) is 0 Å². The Morgan fingerprint density at radius 1 is 1.33 bits per heavy atom. The molecule has 130 valence electrons. The summed E-state index contributed by atoms with van der Waals surface area (Å²) in [6, 6.07) is 4.49. The predicted molar refractivity (Wildman–Crippen MR) is 79.8 cm³/mol. The fourth-order valence-corrected chi connectivity index (χ4v) is 2.75. The second-order valence-electron chi connectivity index (χ2n) is 4.83. The minimum atomic E-state index is -4.54. The van der Waals surface area contributed by atoms with Crippen LogP contribution in [-0.2, 0) is 14.3 Å². The molecule has 2 rings (SSSR count). The molecule has 0 unspecified atom stereocenters. The van der Waals surface area contributed by atoms with E-state index in [1.54, 1.807) is 11.4 Å². The van der Waals surface area contributed by atoms with Crippen LogP contribution in [0.5, 0.6) is 0 Å². The molecule has 1 heterocycles. The van der Waals surface area contributed by atoms with Gasteiger partial charge in [0, 0.05) is 17.1 Å². The van der Waals surface area contributed by atoms with Gasteiger partial charge in [-0.25, -0.2) is 4.79 Å². The molecule has 0 atom stereocenters. The van der Waals surface area contributed by atoms with Gasteiger partial charge in [0.25, 0.3) is 5.91 Å². The van der Waals surface area contributed by atoms with E-state index in [2.05, 4.69) is 10.1 Å². The smallest absolute Gasteiger partial charge is 0.405 e. The highest BCUT2D eigenvalue weighted by atomic mass is 32.2. The minimum Gasteiger partial charge on any atom is -0.452 e. The third-order valence-corrected chi connectivity index (χ3v) is 3.97. The van der Waals surface area contributed by atoms with Gasteiger partial charge < -0.3 is 15.4 Å². The fraction of sp³-hybridized carbons (Fsp3) is 0.357. The van der Waals surface area contributed by atoms with Crippen LogP contribution in [0.1, 0.15) is 16.8 Å². The van der Waals surface area contributed by atoms with Crippen LogP contribution in [0.4, 0.5) is 18.9 Å². The number of carbonyl (C=O) groups excluding carboxylic acids is 3. The van der Waals surface area contributed by atoms with Gasteiger partial charge in [0.1, 0.15) is 6.54 Å². The molecule has 2 amide bonds. The van der Waals surface area contributed by atoms with Crippen LogP contribution in [0, 0.1) is 0 Å². The SMILES string of the molecule is O=C(COC(=O)c1ccc2c(c1)NC(=O)CCS2)NCC(F)(F)F. The minimum absolute atomic E-state index is 0.0835. The second-order valence-corrected chi connectivity index (χ2v) is 5.96. The molecule has 0 radical (unpaired) electrons. The molecule has 1 aliphatic rings. The molecule has 24 heavy (non-hydrogen) atoms. The third kappa shape index (κ3) is 5.44. The maximum atomic E-state index is 11.9. The van der Waals surface area contributed by atoms with Crippen molar-refractivity contribution in [3.05, 3.63) is 23.8 Å². The molecule has 6 nitrogen and oxygen atoms in total. The van der Waals surface area contributed by atoms with E-state index in [0.717, 1.165) is 4.90 Å². The first-order valence-corrected chi connectivity index (χ1v) is 7.80. The second kappa shape index (κ2) is 7.56. The summed E-state index contributed by atoms with van der Waals surface area (Å²) in [7, 11) is 0. The number of nitrogens with one attached hydrogen (secondary N) is 2. The summed E-state index contributed by atoms with van der Waals surface area (Å²) in [4.78, 5) is 35.4. The van der Waals surface area contributed by atoms with Crippen molar-refractivity contribution in [2.75, 3.05) is 24.2 Å². The van der Waals surface area contributed by atoms with Crippen LogP contribution < -0.4 is 10.6 Å². The summed E-state index contributed by atoms with van der Waals surface area (Å²) >= 11 is 1.45. The number of carbonyl (C=O) groups is 3. The van der Waals surface area contributed by atoms with Crippen molar-refractivity contribution < 1.29 is 32.3 Å². The summed E-state index contributed by atoms with van der Waals surface area (Å²) in [6.45, 7) is -2.32. The van der Waals surface area contributed by atoms with Gasteiger partial charge in [0.05, 0.1) is 11.3 Å². The molecule has 1 aromatic carbocycles. The highest BCUT2D eigenvalue weighted by Crippen LogP contribution is 2.31. The van der Waals surface area contributed by atoms with E-state index < -0.39 is 31.2 Å². The number of anilines is 1. The van der Waals surface area contributed by atoms with Crippen molar-refractivity contribution in [3.63, 3.8) is 0 Å². The average molecular weight is 362 g/mol. The Morgan fingerprint density at radius 3 is 2.79 bits per heavy atom. The number of rotatable bonds is 4. The van der Waals surface area contributed by atoms with Gasteiger partial charge in [-0.3, -0.25) is 9.59 Å². The molecular formula is C14H13F3N2O4S. The van der Waals surface area contributed by atoms with Crippen LogP contribution in [0.2, 0.25) is 0 Å². The van der Waals surface area contributed by atoms with Crippen molar-refractivity contribution in [2.24, 2.45) is 0 Å². The average Bonchev–Trinajstić information content (AvgIpc) is 2.69. The monoisotopic (exact) mass is 362 g/mol. The summed E-state index contributed by atoms with van der Waals surface area (Å²) in [5.74, 6) is -1.50. The molecule has 0 saturated carbocycles. The lowest BCUT2D eigenvalue weighted by Crippen LogP contribution is -2.36. The summed E-state index contributed by atoms with van der Waals surface area (Å²) in [6.07, 6.45) is -4.19. The molecule has 0 fully saturated rings. The maximum Gasteiger partial charge on any atom is 0.405 e. The quantitative estimate of drug-likeness (QED) is 0.800. The van der Waals surface area contributed by atoms with Crippen LogP contribution >= 0.6 is 11.8 Å².